The van der Waals surface area contributed by atoms with Crippen LogP contribution in [0.4, 0.5) is 32.2 Å². The molecule has 1 unspecified atom stereocenters. The number of rotatable bonds is 7. The number of hydrogen-bond acceptors (Lipinski definition) is 4. The van der Waals surface area contributed by atoms with Crippen LogP contribution in [0.3, 0.4) is 0 Å². The SMILES string of the molecule is CC(O)(CNCCNc1ncccc1C(F)(F)F)c1cccc(C(F)(F)F)c1. The van der Waals surface area contributed by atoms with Crippen molar-refractivity contribution in [1.29, 1.82) is 0 Å². The van der Waals surface area contributed by atoms with E-state index in [1.54, 1.807) is 0 Å². The molecule has 0 bridgehead atoms. The predicted octanol–water partition coefficient (Wildman–Crippen LogP) is 4.03. The molecule has 1 atom stereocenters. The van der Waals surface area contributed by atoms with Gasteiger partial charge < -0.3 is 15.7 Å². The van der Waals surface area contributed by atoms with E-state index in [-0.39, 0.29) is 31.0 Å². The number of alkyl halides is 6. The van der Waals surface area contributed by atoms with Crippen LogP contribution < -0.4 is 10.6 Å². The molecule has 0 amide bonds. The Morgan fingerprint density at radius 1 is 0.929 bits per heavy atom. The molecule has 0 saturated heterocycles. The smallest absolute Gasteiger partial charge is 0.384 e. The minimum Gasteiger partial charge on any atom is -0.384 e. The van der Waals surface area contributed by atoms with Gasteiger partial charge in [0, 0.05) is 25.8 Å². The molecule has 1 heterocycles. The van der Waals surface area contributed by atoms with Crippen LogP contribution in [0.15, 0.2) is 42.6 Å². The molecule has 4 nitrogen and oxygen atoms in total. The molecule has 1 aromatic carbocycles. The summed E-state index contributed by atoms with van der Waals surface area (Å²) in [6.07, 6.45) is -7.84. The number of hydrogen-bond donors (Lipinski definition) is 3. The summed E-state index contributed by atoms with van der Waals surface area (Å²) in [5, 5.41) is 15.8. The first kappa shape index (κ1) is 22.0. The second kappa shape index (κ2) is 8.36. The fourth-order valence-corrected chi connectivity index (χ4v) is 2.51. The van der Waals surface area contributed by atoms with Crippen LogP contribution >= 0.6 is 0 Å². The van der Waals surface area contributed by atoms with Crippen LogP contribution in [-0.2, 0) is 18.0 Å². The lowest BCUT2D eigenvalue weighted by atomic mass is 9.94. The van der Waals surface area contributed by atoms with Gasteiger partial charge in [-0.25, -0.2) is 4.98 Å². The normalized spacial score (nSPS) is 14.6. The van der Waals surface area contributed by atoms with Gasteiger partial charge in [0.25, 0.3) is 0 Å². The van der Waals surface area contributed by atoms with Gasteiger partial charge in [0.05, 0.1) is 16.7 Å². The molecule has 10 heteroatoms. The van der Waals surface area contributed by atoms with Crippen LogP contribution in [0, 0.1) is 0 Å². The van der Waals surface area contributed by atoms with Crippen molar-refractivity contribution in [2.24, 2.45) is 0 Å². The van der Waals surface area contributed by atoms with Crippen LogP contribution in [0.5, 0.6) is 0 Å². The van der Waals surface area contributed by atoms with E-state index < -0.39 is 29.1 Å². The van der Waals surface area contributed by atoms with Gasteiger partial charge in [-0.2, -0.15) is 26.3 Å². The van der Waals surface area contributed by atoms with Crippen molar-refractivity contribution < 1.29 is 31.4 Å². The first-order chi connectivity index (χ1) is 12.9. The van der Waals surface area contributed by atoms with Gasteiger partial charge in [-0.05, 0) is 36.8 Å². The maximum absolute atomic E-state index is 12.9. The van der Waals surface area contributed by atoms with Crippen molar-refractivity contribution in [3.05, 3.63) is 59.3 Å². The number of aliphatic hydroxyl groups is 1. The highest BCUT2D eigenvalue weighted by Gasteiger charge is 2.34. The average molecular weight is 407 g/mol. The van der Waals surface area contributed by atoms with Gasteiger partial charge >= 0.3 is 12.4 Å². The monoisotopic (exact) mass is 407 g/mol. The zero-order chi connectivity index (χ0) is 21.0. The largest absolute Gasteiger partial charge is 0.419 e. The number of aromatic nitrogens is 1. The Bertz CT molecular complexity index is 789. The van der Waals surface area contributed by atoms with Gasteiger partial charge in [0.2, 0.25) is 0 Å². The van der Waals surface area contributed by atoms with E-state index in [0.717, 1.165) is 18.2 Å². The number of pyridine rings is 1. The molecule has 0 aliphatic carbocycles. The fraction of sp³-hybridized carbons (Fsp3) is 0.389. The highest BCUT2D eigenvalue weighted by molar-refractivity contribution is 5.45. The summed E-state index contributed by atoms with van der Waals surface area (Å²) in [6.45, 7) is 1.48. The van der Waals surface area contributed by atoms with Gasteiger partial charge in [-0.15, -0.1) is 0 Å². The van der Waals surface area contributed by atoms with Crippen molar-refractivity contribution in [2.75, 3.05) is 25.0 Å². The standard InChI is InChI=1S/C18H19F6N3O/c1-16(28,12-4-2-5-13(10-12)17(19,20)21)11-25-8-9-27-15-14(18(22,23)24)6-3-7-26-15/h2-7,10,25,28H,8-9,11H2,1H3,(H,26,27). The van der Waals surface area contributed by atoms with E-state index in [4.69, 9.17) is 0 Å². The maximum Gasteiger partial charge on any atom is 0.419 e. The summed E-state index contributed by atoms with van der Waals surface area (Å²) in [6, 6.07) is 6.43. The van der Waals surface area contributed by atoms with Crippen molar-refractivity contribution in [1.82, 2.24) is 10.3 Å². The second-order valence-electron chi connectivity index (χ2n) is 6.35. The van der Waals surface area contributed by atoms with Gasteiger partial charge in [-0.1, -0.05) is 12.1 Å². The number of nitrogens with zero attached hydrogens (tertiary/aromatic N) is 1. The lowest BCUT2D eigenvalue weighted by molar-refractivity contribution is -0.138. The third kappa shape index (κ3) is 5.83. The molecular weight excluding hydrogens is 388 g/mol. The Balaban J connectivity index is 1.90. The summed E-state index contributed by atoms with van der Waals surface area (Å²) < 4.78 is 77.0. The van der Waals surface area contributed by atoms with Crippen molar-refractivity contribution >= 4 is 5.82 Å². The molecule has 0 spiro atoms. The van der Waals surface area contributed by atoms with Crippen LogP contribution in [0.25, 0.3) is 0 Å². The van der Waals surface area contributed by atoms with Crippen LogP contribution in [0.1, 0.15) is 23.6 Å². The molecule has 2 rings (SSSR count). The topological polar surface area (TPSA) is 57.2 Å². The first-order valence-corrected chi connectivity index (χ1v) is 8.28. The Morgan fingerprint density at radius 3 is 2.25 bits per heavy atom. The van der Waals surface area contributed by atoms with Gasteiger partial charge in [0.15, 0.2) is 0 Å². The van der Waals surface area contributed by atoms with E-state index in [0.29, 0.717) is 0 Å². The number of benzene rings is 1. The van der Waals surface area contributed by atoms with E-state index in [1.807, 2.05) is 0 Å². The Hall–Kier alpha value is -2.33. The minimum absolute atomic E-state index is 0.0682. The number of anilines is 1. The van der Waals surface area contributed by atoms with E-state index >= 15 is 0 Å². The Morgan fingerprint density at radius 2 is 1.61 bits per heavy atom. The molecule has 1 aromatic heterocycles. The molecular formula is C18H19F6N3O. The summed E-state index contributed by atoms with van der Waals surface area (Å²) in [5.41, 5.74) is -3.29. The van der Waals surface area contributed by atoms with E-state index in [2.05, 4.69) is 15.6 Å². The number of halogens is 6. The van der Waals surface area contributed by atoms with Crippen molar-refractivity contribution in [3.8, 4) is 0 Å². The number of nitrogens with one attached hydrogen (secondary N) is 2. The quantitative estimate of drug-likeness (QED) is 0.479. The summed E-state index contributed by atoms with van der Waals surface area (Å²) >= 11 is 0. The van der Waals surface area contributed by atoms with Crippen LogP contribution in [-0.4, -0.2) is 29.7 Å². The third-order valence-corrected chi connectivity index (χ3v) is 3.99. The first-order valence-electron chi connectivity index (χ1n) is 8.28. The molecule has 0 aliphatic heterocycles. The molecule has 154 valence electrons. The molecule has 0 saturated carbocycles. The third-order valence-electron chi connectivity index (χ3n) is 3.99. The van der Waals surface area contributed by atoms with Crippen LogP contribution in [0.2, 0.25) is 0 Å². The second-order valence-corrected chi connectivity index (χ2v) is 6.35. The predicted molar refractivity (Wildman–Crippen MR) is 91.6 cm³/mol. The fourth-order valence-electron chi connectivity index (χ4n) is 2.51. The van der Waals surface area contributed by atoms with Crippen molar-refractivity contribution in [3.63, 3.8) is 0 Å². The Kier molecular flexibility index (Phi) is 6.56. The lowest BCUT2D eigenvalue weighted by Crippen LogP contribution is -2.37. The maximum atomic E-state index is 12.9. The lowest BCUT2D eigenvalue weighted by Gasteiger charge is -2.25. The molecule has 0 aliphatic rings. The van der Waals surface area contributed by atoms with E-state index in [9.17, 15) is 31.4 Å². The highest BCUT2D eigenvalue weighted by atomic mass is 19.4. The van der Waals surface area contributed by atoms with E-state index in [1.165, 1.54) is 31.3 Å². The molecule has 0 radical (unpaired) electrons. The highest BCUT2D eigenvalue weighted by Crippen LogP contribution is 2.33. The molecule has 0 fully saturated rings. The zero-order valence-corrected chi connectivity index (χ0v) is 14.8. The molecule has 3 N–H and O–H groups in total. The summed E-state index contributed by atoms with van der Waals surface area (Å²) in [7, 11) is 0. The molecule has 28 heavy (non-hydrogen) atoms. The average Bonchev–Trinajstić information content (AvgIpc) is 2.60. The Labute approximate surface area is 157 Å². The summed E-state index contributed by atoms with van der Waals surface area (Å²) in [5.74, 6) is -0.318. The van der Waals surface area contributed by atoms with Gasteiger partial charge in [0.1, 0.15) is 5.82 Å². The zero-order valence-electron chi connectivity index (χ0n) is 14.8. The molecule has 2 aromatic rings. The summed E-state index contributed by atoms with van der Waals surface area (Å²) in [4.78, 5) is 3.66. The minimum atomic E-state index is -4.54. The van der Waals surface area contributed by atoms with Gasteiger partial charge in [-0.3, -0.25) is 0 Å². The van der Waals surface area contributed by atoms with Crippen molar-refractivity contribution in [2.45, 2.75) is 24.9 Å².